The van der Waals surface area contributed by atoms with Gasteiger partial charge in [0.1, 0.15) is 11.5 Å². The third-order valence-corrected chi connectivity index (χ3v) is 2.23. The predicted molar refractivity (Wildman–Crippen MR) is 69.1 cm³/mol. The molecule has 0 atom stereocenters. The van der Waals surface area contributed by atoms with E-state index in [2.05, 4.69) is 5.32 Å². The van der Waals surface area contributed by atoms with Gasteiger partial charge in [0, 0.05) is 30.4 Å². The van der Waals surface area contributed by atoms with Crippen LogP contribution in [0.4, 0.5) is 5.69 Å². The van der Waals surface area contributed by atoms with Crippen molar-refractivity contribution >= 4 is 5.69 Å². The summed E-state index contributed by atoms with van der Waals surface area (Å²) in [5.41, 5.74) is 0.966. The third kappa shape index (κ3) is 4.95. The van der Waals surface area contributed by atoms with Gasteiger partial charge in [-0.25, -0.2) is 0 Å². The molecule has 0 saturated carbocycles. The number of anilines is 1. The summed E-state index contributed by atoms with van der Waals surface area (Å²) >= 11 is 0. The summed E-state index contributed by atoms with van der Waals surface area (Å²) in [5, 5.41) is 3.26. The molecule has 0 saturated heterocycles. The van der Waals surface area contributed by atoms with E-state index in [0.29, 0.717) is 6.61 Å². The standard InChI is InChI=1S/C13H21NO3/c1-10(2)17-6-5-14-11-7-12(15-3)9-13(8-11)16-4/h7-10,14H,5-6H2,1-4H3. The molecule has 1 N–H and O–H groups in total. The summed E-state index contributed by atoms with van der Waals surface area (Å²) in [6.07, 6.45) is 0.261. The first kappa shape index (κ1) is 13.6. The molecule has 4 nitrogen and oxygen atoms in total. The van der Waals surface area contributed by atoms with Crippen LogP contribution in [0.1, 0.15) is 13.8 Å². The van der Waals surface area contributed by atoms with Crippen LogP contribution in [-0.4, -0.2) is 33.5 Å². The number of rotatable bonds is 7. The molecule has 0 spiro atoms. The van der Waals surface area contributed by atoms with Crippen molar-refractivity contribution in [3.8, 4) is 11.5 Å². The van der Waals surface area contributed by atoms with Crippen molar-refractivity contribution in [2.75, 3.05) is 32.7 Å². The van der Waals surface area contributed by atoms with Gasteiger partial charge in [-0.1, -0.05) is 0 Å². The zero-order chi connectivity index (χ0) is 12.7. The molecule has 0 bridgehead atoms. The monoisotopic (exact) mass is 239 g/mol. The molecule has 0 aliphatic rings. The van der Waals surface area contributed by atoms with Crippen molar-refractivity contribution in [3.63, 3.8) is 0 Å². The van der Waals surface area contributed by atoms with E-state index < -0.39 is 0 Å². The number of ether oxygens (including phenoxy) is 3. The maximum absolute atomic E-state index is 5.45. The molecule has 0 fully saturated rings. The van der Waals surface area contributed by atoms with Crippen LogP contribution in [0.3, 0.4) is 0 Å². The van der Waals surface area contributed by atoms with Crippen LogP contribution in [0.25, 0.3) is 0 Å². The Bertz CT molecular complexity index is 317. The molecule has 1 rings (SSSR count). The summed E-state index contributed by atoms with van der Waals surface area (Å²) in [6.45, 7) is 5.48. The van der Waals surface area contributed by atoms with Crippen molar-refractivity contribution in [2.24, 2.45) is 0 Å². The van der Waals surface area contributed by atoms with Crippen molar-refractivity contribution < 1.29 is 14.2 Å². The molecular formula is C13H21NO3. The van der Waals surface area contributed by atoms with Gasteiger partial charge in [0.15, 0.2) is 0 Å². The van der Waals surface area contributed by atoms with E-state index in [1.54, 1.807) is 14.2 Å². The Morgan fingerprint density at radius 1 is 1.06 bits per heavy atom. The molecule has 96 valence electrons. The zero-order valence-corrected chi connectivity index (χ0v) is 10.9. The largest absolute Gasteiger partial charge is 0.497 e. The normalized spacial score (nSPS) is 10.4. The van der Waals surface area contributed by atoms with Crippen molar-refractivity contribution in [1.29, 1.82) is 0 Å². The fraction of sp³-hybridized carbons (Fsp3) is 0.538. The summed E-state index contributed by atoms with van der Waals surface area (Å²) in [5.74, 6) is 1.55. The minimum Gasteiger partial charge on any atom is -0.497 e. The molecule has 4 heteroatoms. The van der Waals surface area contributed by atoms with Gasteiger partial charge in [-0.05, 0) is 13.8 Å². The first-order valence-electron chi connectivity index (χ1n) is 5.74. The molecule has 17 heavy (non-hydrogen) atoms. The van der Waals surface area contributed by atoms with Crippen LogP contribution < -0.4 is 14.8 Å². The van der Waals surface area contributed by atoms with Gasteiger partial charge in [-0.2, -0.15) is 0 Å². The van der Waals surface area contributed by atoms with Crippen LogP contribution in [-0.2, 0) is 4.74 Å². The van der Waals surface area contributed by atoms with Crippen LogP contribution in [0.5, 0.6) is 11.5 Å². The van der Waals surface area contributed by atoms with Gasteiger partial charge in [0.2, 0.25) is 0 Å². The summed E-state index contributed by atoms with van der Waals surface area (Å²) in [6, 6.07) is 5.70. The van der Waals surface area contributed by atoms with Crippen LogP contribution in [0.15, 0.2) is 18.2 Å². The van der Waals surface area contributed by atoms with Gasteiger partial charge < -0.3 is 19.5 Å². The number of benzene rings is 1. The second kappa shape index (κ2) is 7.01. The quantitative estimate of drug-likeness (QED) is 0.742. The predicted octanol–water partition coefficient (Wildman–Crippen LogP) is 2.54. The smallest absolute Gasteiger partial charge is 0.124 e. The van der Waals surface area contributed by atoms with E-state index in [4.69, 9.17) is 14.2 Å². The average Bonchev–Trinajstić information content (AvgIpc) is 2.34. The van der Waals surface area contributed by atoms with Crippen molar-refractivity contribution in [2.45, 2.75) is 20.0 Å². The summed E-state index contributed by atoms with van der Waals surface area (Å²) in [4.78, 5) is 0. The Morgan fingerprint density at radius 3 is 2.12 bits per heavy atom. The molecule has 0 aromatic heterocycles. The first-order chi connectivity index (χ1) is 8.15. The summed E-state index contributed by atoms with van der Waals surface area (Å²) in [7, 11) is 3.28. The maximum atomic E-state index is 5.45. The van der Waals surface area contributed by atoms with E-state index in [9.17, 15) is 0 Å². The van der Waals surface area contributed by atoms with E-state index in [1.165, 1.54) is 0 Å². The molecule has 0 aliphatic heterocycles. The molecule has 1 aromatic rings. The van der Waals surface area contributed by atoms with Gasteiger partial charge in [-0.3, -0.25) is 0 Å². The van der Waals surface area contributed by atoms with Gasteiger partial charge in [0.25, 0.3) is 0 Å². The van der Waals surface area contributed by atoms with Crippen LogP contribution >= 0.6 is 0 Å². The molecule has 0 radical (unpaired) electrons. The lowest BCUT2D eigenvalue weighted by molar-refractivity contribution is 0.0870. The van der Waals surface area contributed by atoms with Gasteiger partial charge in [-0.15, -0.1) is 0 Å². The van der Waals surface area contributed by atoms with Gasteiger partial charge in [0.05, 0.1) is 26.9 Å². The Hall–Kier alpha value is -1.42. The van der Waals surface area contributed by atoms with Crippen LogP contribution in [0.2, 0.25) is 0 Å². The SMILES string of the molecule is COc1cc(NCCOC(C)C)cc(OC)c1. The number of hydrogen-bond acceptors (Lipinski definition) is 4. The zero-order valence-electron chi connectivity index (χ0n) is 10.9. The Morgan fingerprint density at radius 2 is 1.65 bits per heavy atom. The van der Waals surface area contributed by atoms with E-state index in [0.717, 1.165) is 23.7 Å². The minimum atomic E-state index is 0.261. The minimum absolute atomic E-state index is 0.261. The number of methoxy groups -OCH3 is 2. The van der Waals surface area contributed by atoms with Crippen molar-refractivity contribution in [3.05, 3.63) is 18.2 Å². The number of hydrogen-bond donors (Lipinski definition) is 1. The van der Waals surface area contributed by atoms with Gasteiger partial charge >= 0.3 is 0 Å². The molecule has 0 amide bonds. The van der Waals surface area contributed by atoms with Crippen LogP contribution in [0, 0.1) is 0 Å². The van der Waals surface area contributed by atoms with Crippen molar-refractivity contribution in [1.82, 2.24) is 0 Å². The Kier molecular flexibility index (Phi) is 5.63. The fourth-order valence-corrected chi connectivity index (χ4v) is 1.40. The second-order valence-corrected chi connectivity index (χ2v) is 3.95. The highest BCUT2D eigenvalue weighted by Crippen LogP contribution is 2.25. The molecule has 0 heterocycles. The fourth-order valence-electron chi connectivity index (χ4n) is 1.40. The summed E-state index contributed by atoms with van der Waals surface area (Å²) < 4.78 is 15.8. The average molecular weight is 239 g/mol. The second-order valence-electron chi connectivity index (χ2n) is 3.95. The molecule has 1 aromatic carbocycles. The lowest BCUT2D eigenvalue weighted by atomic mass is 10.2. The topological polar surface area (TPSA) is 39.7 Å². The van der Waals surface area contributed by atoms with E-state index in [1.807, 2.05) is 32.0 Å². The molecular weight excluding hydrogens is 218 g/mol. The highest BCUT2D eigenvalue weighted by molar-refractivity contribution is 5.53. The molecule has 0 unspecified atom stereocenters. The third-order valence-electron chi connectivity index (χ3n) is 2.23. The lowest BCUT2D eigenvalue weighted by Gasteiger charge is -2.12. The highest BCUT2D eigenvalue weighted by atomic mass is 16.5. The maximum Gasteiger partial charge on any atom is 0.124 e. The Labute approximate surface area is 103 Å². The lowest BCUT2D eigenvalue weighted by Crippen LogP contribution is -2.13. The van der Waals surface area contributed by atoms with E-state index >= 15 is 0 Å². The molecule has 0 aliphatic carbocycles. The van der Waals surface area contributed by atoms with E-state index in [-0.39, 0.29) is 6.10 Å². The Balaban J connectivity index is 2.51. The number of nitrogens with one attached hydrogen (secondary N) is 1. The highest BCUT2D eigenvalue weighted by Gasteiger charge is 2.01. The first-order valence-corrected chi connectivity index (χ1v) is 5.74.